The number of imidazole rings is 1. The van der Waals surface area contributed by atoms with E-state index in [0.717, 1.165) is 5.41 Å². The predicted molar refractivity (Wildman–Crippen MR) is 74.4 cm³/mol. The standard InChI is InChI=1S/C12H10ClN3O3S/c13-8-1-2-11-15-10(6-16(11)5-8)12(17)14-9-3-4-20(18,19)7-9/h1-6,9H,7H2,(H,14,17)/t9-/m1/s1. The van der Waals surface area contributed by atoms with Crippen LogP contribution < -0.4 is 5.32 Å². The van der Waals surface area contributed by atoms with Crippen LogP contribution in [0.5, 0.6) is 0 Å². The molecule has 1 amide bonds. The van der Waals surface area contributed by atoms with Gasteiger partial charge >= 0.3 is 0 Å². The minimum atomic E-state index is -3.19. The molecule has 1 N–H and O–H groups in total. The van der Waals surface area contributed by atoms with Gasteiger partial charge in [-0.3, -0.25) is 4.79 Å². The SMILES string of the molecule is O=C(N[C@@H]1C=CS(=O)(=O)C1)c1cn2cc(Cl)ccc2n1. The van der Waals surface area contributed by atoms with E-state index in [1.165, 1.54) is 6.08 Å². The number of nitrogens with one attached hydrogen (secondary N) is 1. The number of hydrogen-bond acceptors (Lipinski definition) is 4. The summed E-state index contributed by atoms with van der Waals surface area (Å²) in [5.74, 6) is -0.533. The van der Waals surface area contributed by atoms with E-state index < -0.39 is 21.8 Å². The lowest BCUT2D eigenvalue weighted by molar-refractivity contribution is 0.0943. The number of fused-ring (bicyclic) bond motifs is 1. The van der Waals surface area contributed by atoms with Gasteiger partial charge in [-0.2, -0.15) is 0 Å². The highest BCUT2D eigenvalue weighted by molar-refractivity contribution is 7.94. The van der Waals surface area contributed by atoms with E-state index in [-0.39, 0.29) is 11.4 Å². The normalized spacial score (nSPS) is 20.4. The number of aromatic nitrogens is 2. The molecular formula is C12H10ClN3O3S. The maximum atomic E-state index is 12.0. The predicted octanol–water partition coefficient (Wildman–Crippen LogP) is 1.03. The Balaban J connectivity index is 1.81. The summed E-state index contributed by atoms with van der Waals surface area (Å²) in [6.45, 7) is 0. The molecule has 1 aliphatic heterocycles. The van der Waals surface area contributed by atoms with Crippen LogP contribution in [0.15, 0.2) is 36.0 Å². The molecule has 0 unspecified atom stereocenters. The van der Waals surface area contributed by atoms with Gasteiger partial charge in [-0.05, 0) is 18.2 Å². The zero-order valence-corrected chi connectivity index (χ0v) is 11.7. The molecule has 0 radical (unpaired) electrons. The first-order chi connectivity index (χ1) is 9.43. The Labute approximate surface area is 120 Å². The van der Waals surface area contributed by atoms with Crippen molar-refractivity contribution in [3.05, 3.63) is 46.7 Å². The quantitative estimate of drug-likeness (QED) is 0.898. The van der Waals surface area contributed by atoms with Gasteiger partial charge in [-0.15, -0.1) is 0 Å². The first-order valence-corrected chi connectivity index (χ1v) is 7.88. The minimum Gasteiger partial charge on any atom is -0.343 e. The summed E-state index contributed by atoms with van der Waals surface area (Å²) >= 11 is 5.85. The smallest absolute Gasteiger partial charge is 0.272 e. The molecule has 3 heterocycles. The molecule has 0 saturated carbocycles. The van der Waals surface area contributed by atoms with Gasteiger partial charge in [-0.25, -0.2) is 13.4 Å². The molecule has 2 aromatic heterocycles. The number of hydrogen-bond donors (Lipinski definition) is 1. The van der Waals surface area contributed by atoms with E-state index in [9.17, 15) is 13.2 Å². The first kappa shape index (κ1) is 13.1. The Morgan fingerprint density at radius 3 is 2.90 bits per heavy atom. The van der Waals surface area contributed by atoms with Crippen LogP contribution in [-0.4, -0.2) is 35.5 Å². The lowest BCUT2D eigenvalue weighted by Crippen LogP contribution is -2.35. The summed E-state index contributed by atoms with van der Waals surface area (Å²) < 4.78 is 24.2. The van der Waals surface area contributed by atoms with Crippen molar-refractivity contribution in [3.63, 3.8) is 0 Å². The lowest BCUT2D eigenvalue weighted by atomic mass is 10.3. The van der Waals surface area contributed by atoms with Crippen molar-refractivity contribution in [3.8, 4) is 0 Å². The van der Waals surface area contributed by atoms with Crippen LogP contribution in [-0.2, 0) is 9.84 Å². The Hall–Kier alpha value is -1.86. The van der Waals surface area contributed by atoms with Gasteiger partial charge in [-0.1, -0.05) is 11.6 Å². The molecular weight excluding hydrogens is 302 g/mol. The highest BCUT2D eigenvalue weighted by Crippen LogP contribution is 2.13. The fourth-order valence-electron chi connectivity index (χ4n) is 1.98. The van der Waals surface area contributed by atoms with Gasteiger partial charge in [0.05, 0.1) is 16.8 Å². The molecule has 20 heavy (non-hydrogen) atoms. The number of carbonyl (C=O) groups excluding carboxylic acids is 1. The third-order valence-electron chi connectivity index (χ3n) is 2.89. The molecule has 0 aliphatic carbocycles. The second-order valence-electron chi connectivity index (χ2n) is 4.48. The highest BCUT2D eigenvalue weighted by atomic mass is 35.5. The third-order valence-corrected chi connectivity index (χ3v) is 4.51. The average Bonchev–Trinajstić information content (AvgIpc) is 2.92. The van der Waals surface area contributed by atoms with E-state index in [0.29, 0.717) is 10.7 Å². The van der Waals surface area contributed by atoms with E-state index in [2.05, 4.69) is 10.3 Å². The Morgan fingerprint density at radius 1 is 1.40 bits per heavy atom. The molecule has 0 spiro atoms. The van der Waals surface area contributed by atoms with Gasteiger partial charge in [0.15, 0.2) is 9.84 Å². The van der Waals surface area contributed by atoms with E-state index in [1.54, 1.807) is 28.9 Å². The number of rotatable bonds is 2. The second-order valence-corrected chi connectivity index (χ2v) is 6.84. The van der Waals surface area contributed by atoms with Crippen molar-refractivity contribution in [2.75, 3.05) is 5.75 Å². The second kappa shape index (κ2) is 4.60. The van der Waals surface area contributed by atoms with Crippen molar-refractivity contribution in [1.29, 1.82) is 0 Å². The summed E-state index contributed by atoms with van der Waals surface area (Å²) in [7, 11) is -3.19. The first-order valence-electron chi connectivity index (χ1n) is 5.79. The number of pyridine rings is 1. The molecule has 0 bridgehead atoms. The highest BCUT2D eigenvalue weighted by Gasteiger charge is 2.24. The molecule has 104 valence electrons. The van der Waals surface area contributed by atoms with Crippen molar-refractivity contribution in [2.45, 2.75) is 6.04 Å². The van der Waals surface area contributed by atoms with Crippen molar-refractivity contribution < 1.29 is 13.2 Å². The molecule has 8 heteroatoms. The van der Waals surface area contributed by atoms with Crippen LogP contribution in [0.1, 0.15) is 10.5 Å². The Bertz CT molecular complexity index is 826. The largest absolute Gasteiger partial charge is 0.343 e. The molecule has 1 atom stereocenters. The summed E-state index contributed by atoms with van der Waals surface area (Å²) in [5, 5.41) is 4.26. The van der Waals surface area contributed by atoms with E-state index >= 15 is 0 Å². The fraction of sp³-hybridized carbons (Fsp3) is 0.167. The van der Waals surface area contributed by atoms with Gasteiger partial charge in [0.1, 0.15) is 11.3 Å². The van der Waals surface area contributed by atoms with E-state index in [4.69, 9.17) is 11.6 Å². The molecule has 0 aromatic carbocycles. The fourth-order valence-corrected chi connectivity index (χ4v) is 3.39. The molecule has 3 rings (SSSR count). The van der Waals surface area contributed by atoms with Crippen molar-refractivity contribution in [1.82, 2.24) is 14.7 Å². The topological polar surface area (TPSA) is 80.5 Å². The lowest BCUT2D eigenvalue weighted by Gasteiger charge is -2.07. The van der Waals surface area contributed by atoms with Gasteiger partial charge < -0.3 is 9.72 Å². The molecule has 0 fully saturated rings. The summed E-state index contributed by atoms with van der Waals surface area (Å²) in [5.41, 5.74) is 0.805. The molecule has 0 saturated heterocycles. The van der Waals surface area contributed by atoms with Gasteiger partial charge in [0, 0.05) is 17.8 Å². The summed E-state index contributed by atoms with van der Waals surface area (Å²) in [6, 6.07) is 2.86. The molecule has 6 nitrogen and oxygen atoms in total. The van der Waals surface area contributed by atoms with Crippen LogP contribution >= 0.6 is 11.6 Å². The number of sulfone groups is 1. The van der Waals surface area contributed by atoms with Crippen LogP contribution in [0.4, 0.5) is 0 Å². The zero-order chi connectivity index (χ0) is 14.3. The van der Waals surface area contributed by atoms with Crippen molar-refractivity contribution >= 4 is 33.0 Å². The monoisotopic (exact) mass is 311 g/mol. The maximum absolute atomic E-state index is 12.0. The minimum absolute atomic E-state index is 0.113. The van der Waals surface area contributed by atoms with E-state index in [1.807, 2.05) is 0 Å². The third kappa shape index (κ3) is 2.54. The number of carbonyl (C=O) groups is 1. The Morgan fingerprint density at radius 2 is 2.20 bits per heavy atom. The zero-order valence-electron chi connectivity index (χ0n) is 10.2. The molecule has 1 aliphatic rings. The van der Waals surface area contributed by atoms with Gasteiger partial charge in [0.2, 0.25) is 0 Å². The van der Waals surface area contributed by atoms with Crippen LogP contribution in [0.3, 0.4) is 0 Å². The average molecular weight is 312 g/mol. The van der Waals surface area contributed by atoms with Crippen LogP contribution in [0, 0.1) is 0 Å². The number of amides is 1. The maximum Gasteiger partial charge on any atom is 0.272 e. The number of halogens is 1. The summed E-state index contributed by atoms with van der Waals surface area (Å²) in [6.07, 6.45) is 4.64. The van der Waals surface area contributed by atoms with Crippen LogP contribution in [0.25, 0.3) is 5.65 Å². The number of nitrogens with zero attached hydrogens (tertiary/aromatic N) is 2. The van der Waals surface area contributed by atoms with Crippen molar-refractivity contribution in [2.24, 2.45) is 0 Å². The summed E-state index contributed by atoms with van der Waals surface area (Å²) in [4.78, 5) is 16.2. The van der Waals surface area contributed by atoms with Crippen LogP contribution in [0.2, 0.25) is 5.02 Å². The molecule has 2 aromatic rings. The van der Waals surface area contributed by atoms with Gasteiger partial charge in [0.25, 0.3) is 5.91 Å². The Kier molecular flexibility index (Phi) is 3.02.